The molecule has 0 spiro atoms. The van der Waals surface area contributed by atoms with Gasteiger partial charge in [-0.25, -0.2) is 0 Å². The van der Waals surface area contributed by atoms with Crippen LogP contribution in [0.4, 0.5) is 0 Å². The Hall–Kier alpha value is -0.860. The van der Waals surface area contributed by atoms with E-state index in [1.807, 2.05) is 0 Å². The first-order chi connectivity index (χ1) is 9.16. The van der Waals surface area contributed by atoms with Gasteiger partial charge in [0.15, 0.2) is 0 Å². The highest BCUT2D eigenvalue weighted by molar-refractivity contribution is 5.18. The molecule has 19 heavy (non-hydrogen) atoms. The summed E-state index contributed by atoms with van der Waals surface area (Å²) in [5, 5.41) is 14.1. The second kappa shape index (κ2) is 4.07. The van der Waals surface area contributed by atoms with Gasteiger partial charge >= 0.3 is 0 Å². The van der Waals surface area contributed by atoms with Gasteiger partial charge in [0, 0.05) is 11.6 Å². The predicted octanol–water partition coefficient (Wildman–Crippen LogP) is 3.45. The quantitative estimate of drug-likeness (QED) is 0.794. The standard InChI is InChI=1S/C17H22NO/c1-17-10-13-7-14(11-17)15(16(9-13)18(17)19)8-12-5-3-2-4-6-12/h2-6,13-16H,7-11H2,1H3/t13-,14-,15+,16-,17+/m1/s1. The summed E-state index contributed by atoms with van der Waals surface area (Å²) >= 11 is 0. The van der Waals surface area contributed by atoms with Gasteiger partial charge in [0.2, 0.25) is 0 Å². The zero-order valence-electron chi connectivity index (χ0n) is 11.6. The van der Waals surface area contributed by atoms with Crippen molar-refractivity contribution in [1.82, 2.24) is 5.06 Å². The van der Waals surface area contributed by atoms with Crippen molar-refractivity contribution in [2.45, 2.75) is 50.6 Å². The van der Waals surface area contributed by atoms with E-state index in [-0.39, 0.29) is 11.6 Å². The molecular formula is C17H22NO. The molecule has 0 amide bonds. The van der Waals surface area contributed by atoms with E-state index in [9.17, 15) is 5.21 Å². The average Bonchev–Trinajstić information content (AvgIpc) is 2.40. The van der Waals surface area contributed by atoms with E-state index in [0.717, 1.165) is 37.5 Å². The lowest BCUT2D eigenvalue weighted by atomic mass is 9.54. The smallest absolute Gasteiger partial charge is 0.0474 e. The van der Waals surface area contributed by atoms with Gasteiger partial charge in [-0.3, -0.25) is 0 Å². The van der Waals surface area contributed by atoms with Crippen LogP contribution in [-0.4, -0.2) is 16.6 Å². The molecule has 4 fully saturated rings. The van der Waals surface area contributed by atoms with E-state index < -0.39 is 0 Å². The van der Waals surface area contributed by atoms with Crippen molar-refractivity contribution < 1.29 is 5.21 Å². The van der Waals surface area contributed by atoms with Crippen LogP contribution in [0.1, 0.15) is 38.2 Å². The van der Waals surface area contributed by atoms with Crippen molar-refractivity contribution >= 4 is 0 Å². The minimum absolute atomic E-state index is 0.0380. The van der Waals surface area contributed by atoms with Crippen molar-refractivity contribution in [3.8, 4) is 0 Å². The molecule has 4 bridgehead atoms. The minimum atomic E-state index is -0.0380. The Labute approximate surface area is 115 Å². The third-order valence-electron chi connectivity index (χ3n) is 5.89. The molecular weight excluding hydrogens is 234 g/mol. The van der Waals surface area contributed by atoms with Crippen LogP contribution in [0.3, 0.4) is 0 Å². The van der Waals surface area contributed by atoms with Crippen LogP contribution in [-0.2, 0) is 11.6 Å². The van der Waals surface area contributed by atoms with Crippen LogP contribution in [0, 0.1) is 17.8 Å². The molecule has 2 aliphatic heterocycles. The Morgan fingerprint density at radius 1 is 1.21 bits per heavy atom. The van der Waals surface area contributed by atoms with E-state index in [1.165, 1.54) is 17.0 Å². The molecule has 5 atom stereocenters. The summed E-state index contributed by atoms with van der Waals surface area (Å²) in [6.07, 6.45) is 5.88. The first kappa shape index (κ1) is 11.9. The Morgan fingerprint density at radius 3 is 2.79 bits per heavy atom. The summed E-state index contributed by atoms with van der Waals surface area (Å²) in [4.78, 5) is 0. The summed E-state index contributed by atoms with van der Waals surface area (Å²) < 4.78 is 0. The minimum Gasteiger partial charge on any atom is -0.146 e. The topological polar surface area (TPSA) is 23.1 Å². The van der Waals surface area contributed by atoms with Gasteiger partial charge in [-0.1, -0.05) is 30.3 Å². The van der Waals surface area contributed by atoms with E-state index >= 15 is 0 Å². The lowest BCUT2D eigenvalue weighted by Gasteiger charge is -2.61. The Balaban J connectivity index is 1.61. The Bertz CT molecular complexity index is 473. The maximum absolute atomic E-state index is 12.6. The molecule has 4 aliphatic rings. The molecule has 0 unspecified atom stereocenters. The second-order valence-electron chi connectivity index (χ2n) is 7.25. The van der Waals surface area contributed by atoms with Gasteiger partial charge in [0.05, 0.1) is 0 Å². The molecule has 2 saturated heterocycles. The zero-order valence-corrected chi connectivity index (χ0v) is 11.6. The highest BCUT2D eigenvalue weighted by Crippen LogP contribution is 2.56. The molecule has 2 saturated carbocycles. The van der Waals surface area contributed by atoms with Crippen LogP contribution >= 0.6 is 0 Å². The van der Waals surface area contributed by atoms with E-state index in [1.54, 1.807) is 0 Å². The molecule has 1 radical (unpaired) electrons. The zero-order chi connectivity index (χ0) is 13.0. The number of piperidine rings is 2. The van der Waals surface area contributed by atoms with Gasteiger partial charge in [0.25, 0.3) is 0 Å². The second-order valence-corrected chi connectivity index (χ2v) is 7.25. The molecule has 2 heteroatoms. The summed E-state index contributed by atoms with van der Waals surface area (Å²) in [7, 11) is 0. The summed E-state index contributed by atoms with van der Waals surface area (Å²) in [5.74, 6) is 2.20. The van der Waals surface area contributed by atoms with Crippen molar-refractivity contribution in [2.75, 3.05) is 0 Å². The number of hydroxylamine groups is 2. The van der Waals surface area contributed by atoms with Gasteiger partial charge in [-0.2, -0.15) is 0 Å². The molecule has 2 nitrogen and oxygen atoms in total. The molecule has 0 N–H and O–H groups in total. The molecule has 2 aliphatic carbocycles. The van der Waals surface area contributed by atoms with Crippen LogP contribution in [0.5, 0.6) is 0 Å². The van der Waals surface area contributed by atoms with Crippen LogP contribution in [0.15, 0.2) is 30.3 Å². The average molecular weight is 256 g/mol. The van der Waals surface area contributed by atoms with E-state index in [4.69, 9.17) is 0 Å². The normalized spacial score (nSPS) is 44.7. The van der Waals surface area contributed by atoms with Gasteiger partial charge in [-0.05, 0) is 62.3 Å². The molecule has 0 aromatic heterocycles. The first-order valence-corrected chi connectivity index (χ1v) is 7.66. The van der Waals surface area contributed by atoms with Gasteiger partial charge in [0.1, 0.15) is 0 Å². The van der Waals surface area contributed by atoms with Crippen molar-refractivity contribution in [3.63, 3.8) is 0 Å². The van der Waals surface area contributed by atoms with E-state index in [0.29, 0.717) is 5.92 Å². The predicted molar refractivity (Wildman–Crippen MR) is 73.8 cm³/mol. The maximum atomic E-state index is 12.6. The number of hydrogen-bond donors (Lipinski definition) is 0. The highest BCUT2D eigenvalue weighted by atomic mass is 16.5. The van der Waals surface area contributed by atoms with Gasteiger partial charge < -0.3 is 0 Å². The van der Waals surface area contributed by atoms with Crippen molar-refractivity contribution in [3.05, 3.63) is 35.9 Å². The molecule has 5 rings (SSSR count). The fraction of sp³-hybridized carbons (Fsp3) is 0.647. The van der Waals surface area contributed by atoms with Crippen molar-refractivity contribution in [1.29, 1.82) is 0 Å². The van der Waals surface area contributed by atoms with Crippen LogP contribution in [0.2, 0.25) is 0 Å². The maximum Gasteiger partial charge on any atom is 0.0474 e. The Kier molecular flexibility index (Phi) is 2.55. The number of benzene rings is 1. The van der Waals surface area contributed by atoms with E-state index in [2.05, 4.69) is 37.3 Å². The summed E-state index contributed by atoms with van der Waals surface area (Å²) in [5.41, 5.74) is 1.36. The fourth-order valence-electron chi connectivity index (χ4n) is 5.24. The molecule has 1 aromatic rings. The Morgan fingerprint density at radius 2 is 2.00 bits per heavy atom. The summed E-state index contributed by atoms with van der Waals surface area (Å²) in [6, 6.07) is 11.0. The third kappa shape index (κ3) is 1.77. The number of hydrogen-bond acceptors (Lipinski definition) is 1. The third-order valence-corrected chi connectivity index (χ3v) is 5.89. The lowest BCUT2D eigenvalue weighted by molar-refractivity contribution is -0.323. The van der Waals surface area contributed by atoms with Crippen LogP contribution < -0.4 is 0 Å². The van der Waals surface area contributed by atoms with Gasteiger partial charge in [-0.15, -0.1) is 10.3 Å². The monoisotopic (exact) mass is 256 g/mol. The number of rotatable bonds is 2. The molecule has 2 heterocycles. The van der Waals surface area contributed by atoms with Crippen LogP contribution in [0.25, 0.3) is 0 Å². The van der Waals surface area contributed by atoms with Crippen molar-refractivity contribution in [2.24, 2.45) is 17.8 Å². The number of nitrogens with zero attached hydrogens (tertiary/aromatic N) is 1. The summed E-state index contributed by atoms with van der Waals surface area (Å²) in [6.45, 7) is 2.20. The molecule has 101 valence electrons. The largest absolute Gasteiger partial charge is 0.146 e. The lowest BCUT2D eigenvalue weighted by Crippen LogP contribution is -2.66. The highest BCUT2D eigenvalue weighted by Gasteiger charge is 2.58. The first-order valence-electron chi connectivity index (χ1n) is 7.66. The molecule has 1 aromatic carbocycles. The fourth-order valence-corrected chi connectivity index (χ4v) is 5.24. The SMILES string of the molecule is C[C@]12C[C@@H]3C[C@H](C1)[C@H](Cc1ccccc1)[C@@H](C3)N2[O].